The highest BCUT2D eigenvalue weighted by Crippen LogP contribution is 2.43. The molecule has 4 rings (SSSR count). The van der Waals surface area contributed by atoms with Gasteiger partial charge in [0.25, 0.3) is 0 Å². The Hall–Kier alpha value is -3.36. The van der Waals surface area contributed by atoms with Crippen molar-refractivity contribution in [1.29, 1.82) is 0 Å². The second kappa shape index (κ2) is 10.7. The summed E-state index contributed by atoms with van der Waals surface area (Å²) in [5.41, 5.74) is 1.75. The Morgan fingerprint density at radius 3 is 2.58 bits per heavy atom. The highest BCUT2D eigenvalue weighted by Gasteiger charge is 2.37. The zero-order valence-electron chi connectivity index (χ0n) is 20.9. The normalized spacial score (nSPS) is 17.2. The van der Waals surface area contributed by atoms with Gasteiger partial charge < -0.3 is 24.9 Å². The van der Waals surface area contributed by atoms with Crippen molar-refractivity contribution in [2.45, 2.75) is 89.7 Å². The minimum Gasteiger partial charge on any atom is -0.487 e. The lowest BCUT2D eigenvalue weighted by Crippen LogP contribution is -2.47. The van der Waals surface area contributed by atoms with Crippen molar-refractivity contribution in [1.82, 2.24) is 10.6 Å². The number of carboxylic acid groups (broad SMARTS) is 1. The SMILES string of the molecule is CC[C@@H](NC(=O)Cc1c(C)c2cc3c(cc2oc1=O)OC1(CCCCC1)CC3)C(=O)NCCC(=O)O. The third-order valence-corrected chi connectivity index (χ3v) is 7.45. The molecule has 1 aromatic heterocycles. The summed E-state index contributed by atoms with van der Waals surface area (Å²) in [6, 6.07) is 2.99. The molecule has 9 nitrogen and oxygen atoms in total. The van der Waals surface area contributed by atoms with Gasteiger partial charge in [0.2, 0.25) is 11.8 Å². The molecule has 2 amide bonds. The summed E-state index contributed by atoms with van der Waals surface area (Å²) in [6.45, 7) is 3.51. The molecule has 1 saturated carbocycles. The van der Waals surface area contributed by atoms with Crippen molar-refractivity contribution in [3.63, 3.8) is 0 Å². The van der Waals surface area contributed by atoms with Crippen LogP contribution in [0.3, 0.4) is 0 Å². The molecule has 36 heavy (non-hydrogen) atoms. The fraction of sp³-hybridized carbons (Fsp3) is 0.556. The van der Waals surface area contributed by atoms with Crippen LogP contribution in [0.15, 0.2) is 21.3 Å². The molecule has 2 aliphatic rings. The van der Waals surface area contributed by atoms with Gasteiger partial charge in [0, 0.05) is 18.0 Å². The number of hydrogen-bond acceptors (Lipinski definition) is 6. The number of amides is 2. The second-order valence-corrected chi connectivity index (χ2v) is 9.93. The van der Waals surface area contributed by atoms with Crippen LogP contribution in [0.2, 0.25) is 0 Å². The summed E-state index contributed by atoms with van der Waals surface area (Å²) in [5.74, 6) is -1.18. The summed E-state index contributed by atoms with van der Waals surface area (Å²) < 4.78 is 12.1. The number of rotatable bonds is 8. The maximum atomic E-state index is 12.8. The summed E-state index contributed by atoms with van der Waals surface area (Å²) in [5, 5.41) is 14.6. The van der Waals surface area contributed by atoms with Crippen molar-refractivity contribution in [2.75, 3.05) is 6.54 Å². The average molecular weight is 499 g/mol. The lowest BCUT2D eigenvalue weighted by molar-refractivity contribution is -0.137. The molecule has 1 spiro atoms. The van der Waals surface area contributed by atoms with E-state index < -0.39 is 29.5 Å². The van der Waals surface area contributed by atoms with E-state index in [1.165, 1.54) is 19.3 Å². The second-order valence-electron chi connectivity index (χ2n) is 9.93. The van der Waals surface area contributed by atoms with Crippen LogP contribution in [0.25, 0.3) is 11.0 Å². The number of carbonyl (C=O) groups excluding carboxylic acids is 2. The van der Waals surface area contributed by atoms with E-state index in [0.29, 0.717) is 17.6 Å². The van der Waals surface area contributed by atoms with Gasteiger partial charge in [-0.2, -0.15) is 0 Å². The van der Waals surface area contributed by atoms with E-state index in [1.54, 1.807) is 13.8 Å². The van der Waals surface area contributed by atoms with Gasteiger partial charge in [-0.05, 0) is 69.1 Å². The van der Waals surface area contributed by atoms with E-state index in [2.05, 4.69) is 10.6 Å². The van der Waals surface area contributed by atoms with E-state index in [-0.39, 0.29) is 30.6 Å². The van der Waals surface area contributed by atoms with E-state index in [9.17, 15) is 19.2 Å². The fourth-order valence-electron chi connectivity index (χ4n) is 5.33. The van der Waals surface area contributed by atoms with E-state index in [4.69, 9.17) is 14.3 Å². The van der Waals surface area contributed by atoms with Crippen LogP contribution in [0.1, 0.15) is 75.0 Å². The molecule has 2 aromatic rings. The van der Waals surface area contributed by atoms with Crippen molar-refractivity contribution >= 4 is 28.8 Å². The van der Waals surface area contributed by atoms with Gasteiger partial charge in [-0.15, -0.1) is 0 Å². The van der Waals surface area contributed by atoms with Gasteiger partial charge in [0.1, 0.15) is 23.0 Å². The summed E-state index contributed by atoms with van der Waals surface area (Å²) in [7, 11) is 0. The molecule has 0 unspecified atom stereocenters. The first-order valence-corrected chi connectivity index (χ1v) is 12.8. The quantitative estimate of drug-likeness (QED) is 0.476. The molecule has 1 aromatic carbocycles. The largest absolute Gasteiger partial charge is 0.487 e. The lowest BCUT2D eigenvalue weighted by Gasteiger charge is -2.41. The van der Waals surface area contributed by atoms with E-state index >= 15 is 0 Å². The Balaban J connectivity index is 1.50. The molecule has 2 heterocycles. The molecule has 1 atom stereocenters. The third kappa shape index (κ3) is 5.55. The first kappa shape index (κ1) is 25.7. The predicted octanol–water partition coefficient (Wildman–Crippen LogP) is 3.16. The van der Waals surface area contributed by atoms with Gasteiger partial charge in [-0.1, -0.05) is 13.3 Å². The van der Waals surface area contributed by atoms with E-state index in [1.807, 2.05) is 12.1 Å². The lowest BCUT2D eigenvalue weighted by atomic mass is 9.79. The number of carboxylic acids is 1. The van der Waals surface area contributed by atoms with Crippen LogP contribution in [0, 0.1) is 6.92 Å². The molecule has 1 fully saturated rings. The third-order valence-electron chi connectivity index (χ3n) is 7.45. The minimum absolute atomic E-state index is 0.0247. The number of aliphatic carboxylic acids is 1. The molecule has 0 radical (unpaired) electrons. The Morgan fingerprint density at radius 1 is 1.14 bits per heavy atom. The monoisotopic (exact) mass is 498 g/mol. The van der Waals surface area contributed by atoms with Crippen LogP contribution in [0.4, 0.5) is 0 Å². The van der Waals surface area contributed by atoms with Crippen molar-refractivity contribution in [3.05, 3.63) is 39.2 Å². The average Bonchev–Trinajstić information content (AvgIpc) is 2.84. The molecular weight excluding hydrogens is 464 g/mol. The van der Waals surface area contributed by atoms with E-state index in [0.717, 1.165) is 42.4 Å². The van der Waals surface area contributed by atoms with Gasteiger partial charge >= 0.3 is 11.6 Å². The first-order valence-electron chi connectivity index (χ1n) is 12.8. The molecule has 9 heteroatoms. The number of hydrogen-bond donors (Lipinski definition) is 3. The number of nitrogens with one attached hydrogen (secondary N) is 2. The summed E-state index contributed by atoms with van der Waals surface area (Å²) in [4.78, 5) is 48.5. The van der Waals surface area contributed by atoms with Crippen LogP contribution in [-0.2, 0) is 27.2 Å². The standard InChI is InChI=1S/C27H34N2O7/c1-3-20(25(33)28-12-8-24(31)32)29-23(30)14-19-16(2)18-13-17-7-11-27(9-5-4-6-10-27)36-21(17)15-22(18)35-26(19)34/h13,15,20H,3-12,14H2,1-2H3,(H,28,33)(H,29,30)(H,31,32)/t20-/m1/s1. The Bertz CT molecular complexity index is 1230. The highest BCUT2D eigenvalue weighted by molar-refractivity contribution is 5.90. The van der Waals surface area contributed by atoms with Crippen LogP contribution < -0.4 is 21.0 Å². The van der Waals surface area contributed by atoms with Crippen LogP contribution in [0.5, 0.6) is 5.75 Å². The summed E-state index contributed by atoms with van der Waals surface area (Å²) >= 11 is 0. The molecule has 3 N–H and O–H groups in total. The maximum Gasteiger partial charge on any atom is 0.340 e. The first-order chi connectivity index (χ1) is 17.2. The molecule has 0 bridgehead atoms. The Labute approximate surface area is 209 Å². The number of benzene rings is 1. The fourth-order valence-corrected chi connectivity index (χ4v) is 5.33. The molecule has 0 saturated heterocycles. The smallest absolute Gasteiger partial charge is 0.340 e. The Kier molecular flexibility index (Phi) is 7.66. The molecule has 1 aliphatic heterocycles. The van der Waals surface area contributed by atoms with Gasteiger partial charge in [0.05, 0.1) is 18.4 Å². The van der Waals surface area contributed by atoms with Crippen molar-refractivity contribution < 1.29 is 28.6 Å². The number of fused-ring (bicyclic) bond motifs is 2. The predicted molar refractivity (Wildman–Crippen MR) is 133 cm³/mol. The Morgan fingerprint density at radius 2 is 1.89 bits per heavy atom. The number of ether oxygens (including phenoxy) is 1. The number of carbonyl (C=O) groups is 3. The topological polar surface area (TPSA) is 135 Å². The van der Waals surface area contributed by atoms with Crippen molar-refractivity contribution in [2.24, 2.45) is 0 Å². The molecule has 1 aliphatic carbocycles. The van der Waals surface area contributed by atoms with Gasteiger partial charge in [-0.25, -0.2) is 4.79 Å². The zero-order chi connectivity index (χ0) is 25.9. The minimum atomic E-state index is -1.02. The van der Waals surface area contributed by atoms with Crippen LogP contribution >= 0.6 is 0 Å². The zero-order valence-corrected chi connectivity index (χ0v) is 20.9. The molecule has 194 valence electrons. The summed E-state index contributed by atoms with van der Waals surface area (Å²) in [6.07, 6.45) is 7.46. The number of aryl methyl sites for hydroxylation is 2. The molecular formula is C27H34N2O7. The highest BCUT2D eigenvalue weighted by atomic mass is 16.5. The van der Waals surface area contributed by atoms with Crippen molar-refractivity contribution in [3.8, 4) is 5.75 Å². The van der Waals surface area contributed by atoms with Gasteiger partial charge in [-0.3, -0.25) is 14.4 Å². The van der Waals surface area contributed by atoms with Crippen LogP contribution in [-0.4, -0.2) is 41.1 Å². The maximum absolute atomic E-state index is 12.8. The van der Waals surface area contributed by atoms with Gasteiger partial charge in [0.15, 0.2) is 0 Å².